The normalized spacial score (nSPS) is 10.5. The van der Waals surface area contributed by atoms with E-state index in [1.54, 1.807) is 6.92 Å². The molecule has 0 N–H and O–H groups in total. The lowest BCUT2D eigenvalue weighted by atomic mass is 10.2. The number of rotatable bonds is 3. The summed E-state index contributed by atoms with van der Waals surface area (Å²) in [6.07, 6.45) is -2.71. The van der Waals surface area contributed by atoms with E-state index in [0.717, 1.165) is 12.1 Å². The summed E-state index contributed by atoms with van der Waals surface area (Å²) in [7, 11) is 0. The van der Waals surface area contributed by atoms with E-state index >= 15 is 0 Å². The summed E-state index contributed by atoms with van der Waals surface area (Å²) in [5.41, 5.74) is -0.401. The van der Waals surface area contributed by atoms with Crippen LogP contribution in [0.15, 0.2) is 18.2 Å². The molecule has 0 saturated heterocycles. The summed E-state index contributed by atoms with van der Waals surface area (Å²) in [5, 5.41) is 0. The van der Waals surface area contributed by atoms with Gasteiger partial charge in [0.15, 0.2) is 0 Å². The minimum Gasteiger partial charge on any atom is -0.493 e. The average Bonchev–Trinajstić information content (AvgIpc) is 2.08. The molecule has 0 saturated carbocycles. The second kappa shape index (κ2) is 4.16. The van der Waals surface area contributed by atoms with Gasteiger partial charge in [-0.1, -0.05) is 0 Å². The molecule has 1 aromatic carbocycles. The fourth-order valence-corrected chi connectivity index (χ4v) is 0.977. The molecule has 0 spiro atoms. The number of hydrogen-bond donors (Lipinski definition) is 0. The summed E-state index contributed by atoms with van der Waals surface area (Å²) in [6, 6.07) is 3.09. The molecule has 0 fully saturated rings. The summed E-state index contributed by atoms with van der Waals surface area (Å²) < 4.78 is 42.0. The molecular formula is C9H9F3O. The molecule has 1 rings (SSSR count). The van der Waals surface area contributed by atoms with Crippen LogP contribution in [0.1, 0.15) is 18.9 Å². The number of benzene rings is 1. The smallest absolute Gasteiger partial charge is 0.267 e. The predicted octanol–water partition coefficient (Wildman–Crippen LogP) is 3.16. The maximum Gasteiger partial charge on any atom is 0.267 e. The molecule has 0 heterocycles. The first-order valence-corrected chi connectivity index (χ1v) is 3.85. The van der Waals surface area contributed by atoms with E-state index in [1.807, 2.05) is 0 Å². The molecular weight excluding hydrogens is 181 g/mol. The van der Waals surface area contributed by atoms with E-state index in [2.05, 4.69) is 0 Å². The quantitative estimate of drug-likeness (QED) is 0.711. The third-order valence-electron chi connectivity index (χ3n) is 1.51. The van der Waals surface area contributed by atoms with Crippen molar-refractivity contribution in [1.82, 2.24) is 0 Å². The Bertz CT molecular complexity index is 286. The van der Waals surface area contributed by atoms with Gasteiger partial charge >= 0.3 is 0 Å². The molecule has 0 atom stereocenters. The van der Waals surface area contributed by atoms with Crippen LogP contribution in [0.25, 0.3) is 0 Å². The molecule has 13 heavy (non-hydrogen) atoms. The first kappa shape index (κ1) is 9.89. The predicted molar refractivity (Wildman–Crippen MR) is 42.5 cm³/mol. The van der Waals surface area contributed by atoms with Crippen molar-refractivity contribution in [3.8, 4) is 5.75 Å². The van der Waals surface area contributed by atoms with E-state index in [0.29, 0.717) is 0 Å². The number of alkyl halides is 2. The van der Waals surface area contributed by atoms with Crippen molar-refractivity contribution in [2.45, 2.75) is 13.3 Å². The summed E-state index contributed by atoms with van der Waals surface area (Å²) in [4.78, 5) is 0. The fraction of sp³-hybridized carbons (Fsp3) is 0.333. The van der Waals surface area contributed by atoms with Crippen molar-refractivity contribution in [2.75, 3.05) is 6.61 Å². The van der Waals surface area contributed by atoms with Gasteiger partial charge in [0.1, 0.15) is 11.6 Å². The van der Waals surface area contributed by atoms with Crippen molar-refractivity contribution in [3.05, 3.63) is 29.6 Å². The van der Waals surface area contributed by atoms with Crippen LogP contribution in [0.3, 0.4) is 0 Å². The van der Waals surface area contributed by atoms with Crippen LogP contribution in [-0.2, 0) is 0 Å². The molecule has 0 bridgehead atoms. The first-order valence-electron chi connectivity index (χ1n) is 3.85. The fourth-order valence-electron chi connectivity index (χ4n) is 0.977. The van der Waals surface area contributed by atoms with Gasteiger partial charge in [-0.05, 0) is 25.1 Å². The van der Waals surface area contributed by atoms with Gasteiger partial charge in [0.05, 0.1) is 12.2 Å². The van der Waals surface area contributed by atoms with Gasteiger partial charge in [0.25, 0.3) is 6.43 Å². The van der Waals surface area contributed by atoms with Gasteiger partial charge in [-0.25, -0.2) is 13.2 Å². The topological polar surface area (TPSA) is 9.23 Å². The lowest BCUT2D eigenvalue weighted by molar-refractivity contribution is 0.145. The second-order valence-electron chi connectivity index (χ2n) is 2.42. The maximum atomic E-state index is 12.6. The lowest BCUT2D eigenvalue weighted by Crippen LogP contribution is -1.97. The molecule has 0 aliphatic heterocycles. The maximum absolute atomic E-state index is 12.6. The minimum absolute atomic E-state index is 0.0406. The van der Waals surface area contributed by atoms with E-state index in [1.165, 1.54) is 6.07 Å². The third-order valence-corrected chi connectivity index (χ3v) is 1.51. The van der Waals surface area contributed by atoms with Crippen molar-refractivity contribution < 1.29 is 17.9 Å². The zero-order valence-electron chi connectivity index (χ0n) is 7.06. The van der Waals surface area contributed by atoms with Crippen LogP contribution in [0.5, 0.6) is 5.75 Å². The molecule has 0 unspecified atom stereocenters. The van der Waals surface area contributed by atoms with E-state index in [4.69, 9.17) is 4.74 Å². The molecule has 0 aliphatic carbocycles. The van der Waals surface area contributed by atoms with Crippen molar-refractivity contribution in [2.24, 2.45) is 0 Å². The Morgan fingerprint density at radius 1 is 1.38 bits per heavy atom. The zero-order chi connectivity index (χ0) is 9.84. The molecule has 1 aromatic rings. The Hall–Kier alpha value is -1.19. The van der Waals surface area contributed by atoms with Crippen molar-refractivity contribution >= 4 is 0 Å². The van der Waals surface area contributed by atoms with E-state index < -0.39 is 17.8 Å². The monoisotopic (exact) mass is 190 g/mol. The average molecular weight is 190 g/mol. The van der Waals surface area contributed by atoms with Gasteiger partial charge in [-0.3, -0.25) is 0 Å². The third kappa shape index (κ3) is 2.37. The first-order chi connectivity index (χ1) is 6.15. The highest BCUT2D eigenvalue weighted by Gasteiger charge is 2.14. The van der Waals surface area contributed by atoms with Crippen LogP contribution < -0.4 is 4.74 Å². The van der Waals surface area contributed by atoms with Crippen LogP contribution in [0, 0.1) is 5.82 Å². The Morgan fingerprint density at radius 2 is 2.08 bits per heavy atom. The Balaban J connectivity index is 3.03. The van der Waals surface area contributed by atoms with Crippen LogP contribution >= 0.6 is 0 Å². The van der Waals surface area contributed by atoms with Gasteiger partial charge < -0.3 is 4.74 Å². The highest BCUT2D eigenvalue weighted by Crippen LogP contribution is 2.29. The SMILES string of the molecule is CCOc1ccc(F)cc1C(F)F. The zero-order valence-corrected chi connectivity index (χ0v) is 7.06. The van der Waals surface area contributed by atoms with Gasteiger partial charge in [-0.15, -0.1) is 0 Å². The van der Waals surface area contributed by atoms with Crippen LogP contribution in [-0.4, -0.2) is 6.61 Å². The summed E-state index contributed by atoms with van der Waals surface area (Å²) in [5.74, 6) is -0.641. The van der Waals surface area contributed by atoms with Crippen LogP contribution in [0.4, 0.5) is 13.2 Å². The van der Waals surface area contributed by atoms with Crippen LogP contribution in [0.2, 0.25) is 0 Å². The molecule has 4 heteroatoms. The highest BCUT2D eigenvalue weighted by molar-refractivity contribution is 5.34. The highest BCUT2D eigenvalue weighted by atomic mass is 19.3. The molecule has 0 aliphatic rings. The molecule has 1 nitrogen and oxygen atoms in total. The Kier molecular flexibility index (Phi) is 3.17. The van der Waals surface area contributed by atoms with Gasteiger partial charge in [0, 0.05) is 0 Å². The number of hydrogen-bond acceptors (Lipinski definition) is 1. The summed E-state index contributed by atoms with van der Waals surface area (Å²) in [6.45, 7) is 1.96. The van der Waals surface area contributed by atoms with E-state index in [-0.39, 0.29) is 12.4 Å². The molecule has 0 aromatic heterocycles. The second-order valence-corrected chi connectivity index (χ2v) is 2.42. The van der Waals surface area contributed by atoms with Gasteiger partial charge in [0.2, 0.25) is 0 Å². The molecule has 72 valence electrons. The van der Waals surface area contributed by atoms with E-state index in [9.17, 15) is 13.2 Å². The van der Waals surface area contributed by atoms with Crippen molar-refractivity contribution in [3.63, 3.8) is 0 Å². The standard InChI is InChI=1S/C9H9F3O/c1-2-13-8-4-3-6(10)5-7(8)9(11)12/h3-5,9H,2H2,1H3. The van der Waals surface area contributed by atoms with Crippen molar-refractivity contribution in [1.29, 1.82) is 0 Å². The van der Waals surface area contributed by atoms with Gasteiger partial charge in [-0.2, -0.15) is 0 Å². The summed E-state index contributed by atoms with van der Waals surface area (Å²) >= 11 is 0. The lowest BCUT2D eigenvalue weighted by Gasteiger charge is -2.08. The molecule has 0 radical (unpaired) electrons. The largest absolute Gasteiger partial charge is 0.493 e. The number of ether oxygens (including phenoxy) is 1. The number of halogens is 3. The Labute approximate surface area is 74.1 Å². The Morgan fingerprint density at radius 3 is 2.62 bits per heavy atom. The molecule has 0 amide bonds. The minimum atomic E-state index is -2.71.